The predicted octanol–water partition coefficient (Wildman–Crippen LogP) is 3.81. The molecule has 0 saturated heterocycles. The number of hydrogen-bond donors (Lipinski definition) is 2. The second-order valence-corrected chi connectivity index (χ2v) is 6.69. The molecular formula is C24H24N2O2. The van der Waals surface area contributed by atoms with Gasteiger partial charge in [0.1, 0.15) is 0 Å². The van der Waals surface area contributed by atoms with Crippen molar-refractivity contribution >= 4 is 11.8 Å². The van der Waals surface area contributed by atoms with Crippen LogP contribution in [0.3, 0.4) is 0 Å². The number of hydrogen-bond acceptors (Lipinski definition) is 2. The maximum atomic E-state index is 12.4. The zero-order valence-corrected chi connectivity index (χ0v) is 15.8. The molecule has 3 aromatic rings. The van der Waals surface area contributed by atoms with Crippen molar-refractivity contribution in [2.75, 3.05) is 6.54 Å². The lowest BCUT2D eigenvalue weighted by Gasteiger charge is -2.19. The highest BCUT2D eigenvalue weighted by Crippen LogP contribution is 2.23. The Balaban J connectivity index is 1.64. The van der Waals surface area contributed by atoms with Crippen LogP contribution in [-0.4, -0.2) is 18.4 Å². The number of carbonyl (C=O) groups excluding carboxylic acids is 2. The minimum absolute atomic E-state index is 0.0225. The number of nitrogens with one attached hydrogen (secondary N) is 2. The fourth-order valence-corrected chi connectivity index (χ4v) is 3.16. The summed E-state index contributed by atoms with van der Waals surface area (Å²) in [6.45, 7) is 2.21. The molecule has 142 valence electrons. The molecule has 0 bridgehead atoms. The van der Waals surface area contributed by atoms with Crippen molar-refractivity contribution in [1.82, 2.24) is 10.6 Å². The van der Waals surface area contributed by atoms with E-state index in [-0.39, 0.29) is 12.0 Å². The quantitative estimate of drug-likeness (QED) is 0.647. The van der Waals surface area contributed by atoms with Gasteiger partial charge in [-0.2, -0.15) is 0 Å². The average Bonchev–Trinajstić information content (AvgIpc) is 2.76. The van der Waals surface area contributed by atoms with E-state index in [0.29, 0.717) is 6.54 Å². The van der Waals surface area contributed by atoms with E-state index in [4.69, 9.17) is 0 Å². The largest absolute Gasteiger partial charge is 0.347 e. The smallest absolute Gasteiger partial charge is 0.309 e. The van der Waals surface area contributed by atoms with Crippen LogP contribution in [0.5, 0.6) is 0 Å². The van der Waals surface area contributed by atoms with Crippen LogP contribution in [0.2, 0.25) is 0 Å². The van der Waals surface area contributed by atoms with Gasteiger partial charge in [0, 0.05) is 12.5 Å². The summed E-state index contributed by atoms with van der Waals surface area (Å²) in [6.07, 6.45) is 0. The first-order chi connectivity index (χ1) is 13.6. The van der Waals surface area contributed by atoms with Crippen LogP contribution in [-0.2, 0) is 9.59 Å². The maximum absolute atomic E-state index is 12.4. The molecule has 0 spiro atoms. The van der Waals surface area contributed by atoms with Crippen molar-refractivity contribution in [3.05, 3.63) is 108 Å². The van der Waals surface area contributed by atoms with Crippen LogP contribution in [0, 0.1) is 0 Å². The van der Waals surface area contributed by atoms with Crippen LogP contribution in [0.25, 0.3) is 0 Å². The van der Waals surface area contributed by atoms with Gasteiger partial charge in [-0.05, 0) is 23.6 Å². The Labute approximate surface area is 165 Å². The highest BCUT2D eigenvalue weighted by atomic mass is 16.2. The molecule has 2 N–H and O–H groups in total. The maximum Gasteiger partial charge on any atom is 0.309 e. The summed E-state index contributed by atoms with van der Waals surface area (Å²) in [5, 5.41) is 5.53. The van der Waals surface area contributed by atoms with E-state index in [9.17, 15) is 9.59 Å². The first-order valence-electron chi connectivity index (χ1n) is 9.38. The van der Waals surface area contributed by atoms with Crippen LogP contribution in [0.15, 0.2) is 91.0 Å². The number of benzene rings is 3. The molecule has 0 aliphatic rings. The SMILES string of the molecule is C[C@@H](NC(=O)C(=O)NCC(c1ccccc1)c1ccccc1)c1ccccc1. The topological polar surface area (TPSA) is 58.2 Å². The Morgan fingerprint density at radius 1 is 0.679 bits per heavy atom. The van der Waals surface area contributed by atoms with E-state index in [0.717, 1.165) is 16.7 Å². The van der Waals surface area contributed by atoms with Crippen molar-refractivity contribution in [3.63, 3.8) is 0 Å². The molecule has 3 rings (SSSR count). The monoisotopic (exact) mass is 372 g/mol. The van der Waals surface area contributed by atoms with Crippen LogP contribution in [0.4, 0.5) is 0 Å². The first kappa shape index (κ1) is 19.4. The van der Waals surface area contributed by atoms with Gasteiger partial charge in [0.15, 0.2) is 0 Å². The minimum atomic E-state index is -0.628. The van der Waals surface area contributed by atoms with Gasteiger partial charge in [0.25, 0.3) is 0 Å². The van der Waals surface area contributed by atoms with Gasteiger partial charge in [-0.25, -0.2) is 0 Å². The third-order valence-corrected chi connectivity index (χ3v) is 4.72. The summed E-state index contributed by atoms with van der Waals surface area (Å²) in [6, 6.07) is 29.3. The van der Waals surface area contributed by atoms with Gasteiger partial charge in [-0.1, -0.05) is 91.0 Å². The summed E-state index contributed by atoms with van der Waals surface area (Å²) in [7, 11) is 0. The second-order valence-electron chi connectivity index (χ2n) is 6.69. The molecule has 2 amide bonds. The van der Waals surface area contributed by atoms with Gasteiger partial charge >= 0.3 is 11.8 Å². The molecule has 4 heteroatoms. The van der Waals surface area contributed by atoms with Crippen LogP contribution in [0.1, 0.15) is 35.6 Å². The molecule has 0 aliphatic heterocycles. The molecule has 1 atom stereocenters. The molecule has 0 heterocycles. The normalized spacial score (nSPS) is 11.6. The Hall–Kier alpha value is -3.40. The average molecular weight is 372 g/mol. The molecule has 28 heavy (non-hydrogen) atoms. The molecule has 3 aromatic carbocycles. The molecule has 0 unspecified atom stereocenters. The fourth-order valence-electron chi connectivity index (χ4n) is 3.16. The highest BCUT2D eigenvalue weighted by Gasteiger charge is 2.20. The van der Waals surface area contributed by atoms with E-state index in [1.165, 1.54) is 0 Å². The Morgan fingerprint density at radius 2 is 1.11 bits per heavy atom. The lowest BCUT2D eigenvalue weighted by Crippen LogP contribution is -2.42. The summed E-state index contributed by atoms with van der Waals surface area (Å²) >= 11 is 0. The number of carbonyl (C=O) groups is 2. The molecule has 0 aromatic heterocycles. The first-order valence-corrected chi connectivity index (χ1v) is 9.38. The van der Waals surface area contributed by atoms with Crippen molar-refractivity contribution in [2.45, 2.75) is 18.9 Å². The third kappa shape index (κ3) is 5.07. The summed E-state index contributed by atoms with van der Waals surface area (Å²) in [4.78, 5) is 24.6. The standard InChI is InChI=1S/C24H24N2O2/c1-18(19-11-5-2-6-12-19)26-24(28)23(27)25-17-22(20-13-7-3-8-14-20)21-15-9-4-10-16-21/h2-16,18,22H,17H2,1H3,(H,25,27)(H,26,28)/t18-/m1/s1. The van der Waals surface area contributed by atoms with E-state index < -0.39 is 11.8 Å². The molecule has 0 aliphatic carbocycles. The Morgan fingerprint density at radius 3 is 1.57 bits per heavy atom. The van der Waals surface area contributed by atoms with Gasteiger partial charge in [-0.15, -0.1) is 0 Å². The molecule has 4 nitrogen and oxygen atoms in total. The van der Waals surface area contributed by atoms with Crippen LogP contribution >= 0.6 is 0 Å². The van der Waals surface area contributed by atoms with Crippen molar-refractivity contribution < 1.29 is 9.59 Å². The van der Waals surface area contributed by atoms with E-state index in [1.807, 2.05) is 97.9 Å². The summed E-state index contributed by atoms with van der Waals surface area (Å²) < 4.78 is 0. The molecule has 0 radical (unpaired) electrons. The summed E-state index contributed by atoms with van der Waals surface area (Å²) in [5.74, 6) is -1.28. The molecule has 0 fully saturated rings. The van der Waals surface area contributed by atoms with Crippen molar-refractivity contribution in [2.24, 2.45) is 0 Å². The summed E-state index contributed by atoms with van der Waals surface area (Å²) in [5.41, 5.74) is 3.13. The zero-order chi connectivity index (χ0) is 19.8. The van der Waals surface area contributed by atoms with Gasteiger partial charge in [0.05, 0.1) is 6.04 Å². The van der Waals surface area contributed by atoms with Gasteiger partial charge < -0.3 is 10.6 Å². The number of rotatable bonds is 6. The number of amides is 2. The predicted molar refractivity (Wildman–Crippen MR) is 111 cm³/mol. The Kier molecular flexibility index (Phi) is 6.58. The van der Waals surface area contributed by atoms with Gasteiger partial charge in [0.2, 0.25) is 0 Å². The minimum Gasteiger partial charge on any atom is -0.347 e. The van der Waals surface area contributed by atoms with E-state index >= 15 is 0 Å². The van der Waals surface area contributed by atoms with Crippen molar-refractivity contribution in [1.29, 1.82) is 0 Å². The van der Waals surface area contributed by atoms with E-state index in [2.05, 4.69) is 10.6 Å². The third-order valence-electron chi connectivity index (χ3n) is 4.72. The zero-order valence-electron chi connectivity index (χ0n) is 15.8. The lowest BCUT2D eigenvalue weighted by molar-refractivity contribution is -0.139. The highest BCUT2D eigenvalue weighted by molar-refractivity contribution is 6.35. The van der Waals surface area contributed by atoms with Gasteiger partial charge in [-0.3, -0.25) is 9.59 Å². The molecule has 0 saturated carbocycles. The van der Waals surface area contributed by atoms with Crippen molar-refractivity contribution in [3.8, 4) is 0 Å². The second kappa shape index (κ2) is 9.51. The fraction of sp³-hybridized carbons (Fsp3) is 0.167. The van der Waals surface area contributed by atoms with E-state index in [1.54, 1.807) is 0 Å². The van der Waals surface area contributed by atoms with Crippen LogP contribution < -0.4 is 10.6 Å². The lowest BCUT2D eigenvalue weighted by atomic mass is 9.91. The molecular weight excluding hydrogens is 348 g/mol. The Bertz CT molecular complexity index is 856.